The molecule has 5 nitrogen and oxygen atoms in total. The summed E-state index contributed by atoms with van der Waals surface area (Å²) in [5, 5.41) is 0.477. The van der Waals surface area contributed by atoms with E-state index in [1.54, 1.807) is 17.2 Å². The van der Waals surface area contributed by atoms with Gasteiger partial charge in [-0.15, -0.1) is 0 Å². The van der Waals surface area contributed by atoms with Crippen molar-refractivity contribution < 1.29 is 14.3 Å². The van der Waals surface area contributed by atoms with E-state index in [-0.39, 0.29) is 11.9 Å². The molecule has 1 fully saturated rings. The molecule has 0 aliphatic carbocycles. The molecule has 1 aliphatic heterocycles. The second kappa shape index (κ2) is 5.44. The van der Waals surface area contributed by atoms with Gasteiger partial charge in [0.2, 0.25) is 0 Å². The van der Waals surface area contributed by atoms with Crippen molar-refractivity contribution in [2.75, 3.05) is 13.7 Å². The number of nitrogens with zero attached hydrogens (tertiary/aromatic N) is 1. The van der Waals surface area contributed by atoms with Crippen LogP contribution in [0.2, 0.25) is 5.02 Å². The number of hydrogen-bond acceptors (Lipinski definition) is 3. The zero-order valence-electron chi connectivity index (χ0n) is 10.1. The number of esters is 1. The van der Waals surface area contributed by atoms with Crippen molar-refractivity contribution in [3.05, 3.63) is 23.0 Å². The molecule has 1 atom stereocenters. The van der Waals surface area contributed by atoms with Gasteiger partial charge in [-0.2, -0.15) is 0 Å². The van der Waals surface area contributed by atoms with E-state index in [2.05, 4.69) is 4.98 Å². The summed E-state index contributed by atoms with van der Waals surface area (Å²) in [4.78, 5) is 28.3. The number of hydrogen-bond donors (Lipinski definition) is 1. The summed E-state index contributed by atoms with van der Waals surface area (Å²) in [6.07, 6.45) is 4.02. The molecule has 98 valence electrons. The Kier molecular flexibility index (Phi) is 3.91. The fraction of sp³-hybridized carbons (Fsp3) is 0.500. The van der Waals surface area contributed by atoms with E-state index in [9.17, 15) is 9.59 Å². The van der Waals surface area contributed by atoms with Crippen LogP contribution < -0.4 is 0 Å². The highest BCUT2D eigenvalue weighted by Crippen LogP contribution is 2.21. The Balaban J connectivity index is 2.18. The minimum atomic E-state index is -0.488. The number of piperidine rings is 1. The Morgan fingerprint density at radius 2 is 2.28 bits per heavy atom. The fourth-order valence-corrected chi connectivity index (χ4v) is 2.37. The van der Waals surface area contributed by atoms with Crippen LogP contribution in [0, 0.1) is 0 Å². The number of carbonyl (C=O) groups is 2. The van der Waals surface area contributed by atoms with Crippen molar-refractivity contribution in [3.8, 4) is 0 Å². The molecule has 2 rings (SSSR count). The maximum Gasteiger partial charge on any atom is 0.328 e. The summed E-state index contributed by atoms with van der Waals surface area (Å²) in [7, 11) is 1.34. The zero-order chi connectivity index (χ0) is 13.1. The molecule has 0 saturated carbocycles. The van der Waals surface area contributed by atoms with Crippen molar-refractivity contribution in [2.24, 2.45) is 0 Å². The first-order valence-corrected chi connectivity index (χ1v) is 6.24. The van der Waals surface area contributed by atoms with Gasteiger partial charge in [-0.3, -0.25) is 4.79 Å². The third-order valence-electron chi connectivity index (χ3n) is 3.12. The number of likely N-dealkylation sites (tertiary alicyclic amines) is 1. The number of aromatic nitrogens is 1. The van der Waals surface area contributed by atoms with E-state index >= 15 is 0 Å². The van der Waals surface area contributed by atoms with Gasteiger partial charge in [0.05, 0.1) is 12.1 Å². The molecule has 2 heterocycles. The predicted octanol–water partition coefficient (Wildman–Crippen LogP) is 1.84. The highest BCUT2D eigenvalue weighted by Gasteiger charge is 2.33. The normalized spacial score (nSPS) is 19.7. The first-order chi connectivity index (χ1) is 8.63. The number of nitrogens with one attached hydrogen (secondary N) is 1. The van der Waals surface area contributed by atoms with Crippen LogP contribution in [0.1, 0.15) is 29.8 Å². The van der Waals surface area contributed by atoms with Crippen molar-refractivity contribution in [1.29, 1.82) is 0 Å². The van der Waals surface area contributed by atoms with E-state index in [0.717, 1.165) is 12.8 Å². The summed E-state index contributed by atoms with van der Waals surface area (Å²) in [5.74, 6) is -0.572. The Morgan fingerprint density at radius 1 is 1.50 bits per heavy atom. The zero-order valence-corrected chi connectivity index (χ0v) is 10.9. The second-order valence-corrected chi connectivity index (χ2v) is 4.70. The third-order valence-corrected chi connectivity index (χ3v) is 3.33. The van der Waals surface area contributed by atoms with Gasteiger partial charge in [0.25, 0.3) is 5.91 Å². The lowest BCUT2D eigenvalue weighted by molar-refractivity contribution is -0.147. The second-order valence-electron chi connectivity index (χ2n) is 4.26. The summed E-state index contributed by atoms with van der Waals surface area (Å²) in [5.41, 5.74) is 0.399. The van der Waals surface area contributed by atoms with Crippen LogP contribution in [0.4, 0.5) is 0 Å². The highest BCUT2D eigenvalue weighted by atomic mass is 35.5. The van der Waals surface area contributed by atoms with E-state index in [1.807, 2.05) is 0 Å². The molecule has 6 heteroatoms. The minimum Gasteiger partial charge on any atom is -0.467 e. The van der Waals surface area contributed by atoms with Gasteiger partial charge in [-0.25, -0.2) is 4.79 Å². The number of halogens is 1. The molecule has 1 amide bonds. The molecule has 0 spiro atoms. The molecule has 1 aliphatic rings. The van der Waals surface area contributed by atoms with Crippen LogP contribution >= 0.6 is 11.6 Å². The molecular formula is C12H15ClN2O3. The van der Waals surface area contributed by atoms with Crippen LogP contribution in [-0.4, -0.2) is 41.5 Å². The van der Waals surface area contributed by atoms with Gasteiger partial charge >= 0.3 is 5.97 Å². The lowest BCUT2D eigenvalue weighted by atomic mass is 10.0. The molecule has 0 radical (unpaired) electrons. The largest absolute Gasteiger partial charge is 0.467 e. The Morgan fingerprint density at radius 3 is 2.89 bits per heavy atom. The summed E-state index contributed by atoms with van der Waals surface area (Å²) < 4.78 is 4.74. The highest BCUT2D eigenvalue weighted by molar-refractivity contribution is 6.31. The van der Waals surface area contributed by atoms with Crippen LogP contribution in [0.5, 0.6) is 0 Å². The summed E-state index contributed by atoms with van der Waals surface area (Å²) in [6, 6.07) is 1.07. The average Bonchev–Trinajstić information content (AvgIpc) is 2.83. The number of aromatic amines is 1. The van der Waals surface area contributed by atoms with Crippen molar-refractivity contribution in [2.45, 2.75) is 25.3 Å². The summed E-state index contributed by atoms with van der Waals surface area (Å²) >= 11 is 5.78. The lowest BCUT2D eigenvalue weighted by Gasteiger charge is -2.33. The molecule has 1 aromatic heterocycles. The predicted molar refractivity (Wildman–Crippen MR) is 66.5 cm³/mol. The first kappa shape index (κ1) is 13.0. The molecule has 1 saturated heterocycles. The average molecular weight is 271 g/mol. The van der Waals surface area contributed by atoms with Gasteiger partial charge in [-0.1, -0.05) is 11.6 Å². The van der Waals surface area contributed by atoms with Gasteiger partial charge in [0.1, 0.15) is 11.7 Å². The molecule has 0 bridgehead atoms. The van der Waals surface area contributed by atoms with Crippen LogP contribution in [0.3, 0.4) is 0 Å². The number of ether oxygens (including phenoxy) is 1. The topological polar surface area (TPSA) is 62.4 Å². The number of rotatable bonds is 2. The van der Waals surface area contributed by atoms with Crippen molar-refractivity contribution >= 4 is 23.5 Å². The number of carbonyl (C=O) groups excluding carboxylic acids is 2. The fourth-order valence-electron chi connectivity index (χ4n) is 2.20. The molecule has 1 aromatic rings. The monoisotopic (exact) mass is 270 g/mol. The SMILES string of the molecule is COC(=O)[C@H]1CCCCN1C(=O)c1cc(Cl)c[nH]1. The van der Waals surface area contributed by atoms with Gasteiger partial charge < -0.3 is 14.6 Å². The smallest absolute Gasteiger partial charge is 0.328 e. The molecule has 0 aromatic carbocycles. The maximum atomic E-state index is 12.3. The van der Waals surface area contributed by atoms with Gasteiger partial charge in [-0.05, 0) is 25.3 Å². The minimum absolute atomic E-state index is 0.211. The standard InChI is InChI=1S/C12H15ClN2O3/c1-18-12(17)10-4-2-3-5-15(10)11(16)9-6-8(13)7-14-9/h6-7,10,14H,2-5H2,1H3/t10-/m1/s1. The van der Waals surface area contributed by atoms with Crippen molar-refractivity contribution in [3.63, 3.8) is 0 Å². The summed E-state index contributed by atoms with van der Waals surface area (Å²) in [6.45, 7) is 0.565. The molecule has 18 heavy (non-hydrogen) atoms. The van der Waals surface area contributed by atoms with E-state index < -0.39 is 6.04 Å². The van der Waals surface area contributed by atoms with Crippen molar-refractivity contribution in [1.82, 2.24) is 9.88 Å². The van der Waals surface area contributed by atoms with Crippen LogP contribution in [0.25, 0.3) is 0 Å². The quantitative estimate of drug-likeness (QED) is 0.834. The first-order valence-electron chi connectivity index (χ1n) is 5.86. The van der Waals surface area contributed by atoms with Gasteiger partial charge in [0, 0.05) is 12.7 Å². The molecular weight excluding hydrogens is 256 g/mol. The lowest BCUT2D eigenvalue weighted by Crippen LogP contribution is -2.48. The van der Waals surface area contributed by atoms with Gasteiger partial charge in [0.15, 0.2) is 0 Å². The third kappa shape index (κ3) is 2.51. The Labute approximate surface area is 110 Å². The Bertz CT molecular complexity index is 458. The van der Waals surface area contributed by atoms with Crippen LogP contribution in [-0.2, 0) is 9.53 Å². The van der Waals surface area contributed by atoms with E-state index in [4.69, 9.17) is 16.3 Å². The number of methoxy groups -OCH3 is 1. The Hall–Kier alpha value is -1.49. The number of H-pyrrole nitrogens is 1. The maximum absolute atomic E-state index is 12.3. The van der Waals surface area contributed by atoms with E-state index in [1.165, 1.54) is 7.11 Å². The van der Waals surface area contributed by atoms with E-state index in [0.29, 0.717) is 23.7 Å². The number of amides is 1. The molecule has 1 N–H and O–H groups in total. The molecule has 0 unspecified atom stereocenters. The van der Waals surface area contributed by atoms with Crippen LogP contribution in [0.15, 0.2) is 12.3 Å².